The van der Waals surface area contributed by atoms with E-state index in [9.17, 15) is 4.79 Å². The molecule has 2 aromatic carbocycles. The Bertz CT molecular complexity index is 805. The largest absolute Gasteiger partial charge is 0.493 e. The smallest absolute Gasteiger partial charge is 0.200 e. The molecule has 0 saturated heterocycles. The Labute approximate surface area is 122 Å². The molecule has 3 N–H and O–H groups in total. The van der Waals surface area contributed by atoms with Crippen molar-refractivity contribution in [2.75, 3.05) is 12.3 Å². The molecule has 3 aromatic rings. The highest BCUT2D eigenvalue weighted by Gasteiger charge is 2.20. The first kappa shape index (κ1) is 13.2. The molecule has 0 saturated carbocycles. The van der Waals surface area contributed by atoms with Gasteiger partial charge in [0.15, 0.2) is 0 Å². The molecule has 0 aliphatic carbocycles. The number of hydrogen-bond donors (Lipinski definition) is 2. The first-order valence-electron chi connectivity index (χ1n) is 6.84. The molecule has 0 atom stereocenters. The van der Waals surface area contributed by atoms with Crippen molar-refractivity contribution in [1.82, 2.24) is 4.98 Å². The Hall–Kier alpha value is -2.75. The van der Waals surface area contributed by atoms with Crippen molar-refractivity contribution in [3.05, 3.63) is 59.8 Å². The molecule has 106 valence electrons. The van der Waals surface area contributed by atoms with Gasteiger partial charge in [-0.3, -0.25) is 4.79 Å². The standard InChI is InChI=1S/C17H16N2O2/c1-2-21-15-9-5-7-13(18)16(15)17(20)12-10-19-14-8-4-3-6-11(12)14/h3-10,19H,2,18H2,1H3. The van der Waals surface area contributed by atoms with Crippen LogP contribution in [0.1, 0.15) is 22.8 Å². The van der Waals surface area contributed by atoms with E-state index < -0.39 is 0 Å². The maximum absolute atomic E-state index is 12.9. The fourth-order valence-corrected chi connectivity index (χ4v) is 2.46. The first-order chi connectivity index (χ1) is 10.2. The highest BCUT2D eigenvalue weighted by molar-refractivity contribution is 6.19. The fourth-order valence-electron chi connectivity index (χ4n) is 2.46. The van der Waals surface area contributed by atoms with Crippen molar-refractivity contribution >= 4 is 22.4 Å². The van der Waals surface area contributed by atoms with Crippen molar-refractivity contribution in [3.8, 4) is 5.75 Å². The van der Waals surface area contributed by atoms with Crippen LogP contribution in [0.4, 0.5) is 5.69 Å². The fraction of sp³-hybridized carbons (Fsp3) is 0.118. The zero-order chi connectivity index (χ0) is 14.8. The van der Waals surface area contributed by atoms with E-state index in [-0.39, 0.29) is 5.78 Å². The molecule has 0 unspecified atom stereocenters. The van der Waals surface area contributed by atoms with Crippen LogP contribution in [0.5, 0.6) is 5.75 Å². The SMILES string of the molecule is CCOc1cccc(N)c1C(=O)c1c[nH]c2ccccc12. The number of rotatable bonds is 4. The van der Waals surface area contributed by atoms with Crippen LogP contribution in [0.2, 0.25) is 0 Å². The number of nitrogen functional groups attached to an aromatic ring is 1. The van der Waals surface area contributed by atoms with Crippen LogP contribution < -0.4 is 10.5 Å². The van der Waals surface area contributed by atoms with E-state index in [2.05, 4.69) is 4.98 Å². The lowest BCUT2D eigenvalue weighted by molar-refractivity contribution is 0.103. The van der Waals surface area contributed by atoms with Crippen LogP contribution in [-0.4, -0.2) is 17.4 Å². The molecule has 0 fully saturated rings. The third-order valence-corrected chi connectivity index (χ3v) is 3.42. The van der Waals surface area contributed by atoms with E-state index in [1.807, 2.05) is 31.2 Å². The zero-order valence-corrected chi connectivity index (χ0v) is 11.7. The number of nitrogens with two attached hydrogens (primary N) is 1. The lowest BCUT2D eigenvalue weighted by Gasteiger charge is -2.11. The van der Waals surface area contributed by atoms with Gasteiger partial charge in [-0.15, -0.1) is 0 Å². The molecular weight excluding hydrogens is 264 g/mol. The van der Waals surface area contributed by atoms with Gasteiger partial charge in [-0.1, -0.05) is 24.3 Å². The van der Waals surface area contributed by atoms with Gasteiger partial charge < -0.3 is 15.5 Å². The second-order valence-corrected chi connectivity index (χ2v) is 4.73. The number of aromatic amines is 1. The number of hydrogen-bond acceptors (Lipinski definition) is 3. The molecule has 1 aromatic heterocycles. The molecule has 0 aliphatic rings. The van der Waals surface area contributed by atoms with Crippen molar-refractivity contribution in [1.29, 1.82) is 0 Å². The molecule has 4 heteroatoms. The second-order valence-electron chi connectivity index (χ2n) is 4.73. The Morgan fingerprint density at radius 2 is 2.00 bits per heavy atom. The number of para-hydroxylation sites is 1. The monoisotopic (exact) mass is 280 g/mol. The summed E-state index contributed by atoms with van der Waals surface area (Å²) < 4.78 is 5.54. The summed E-state index contributed by atoms with van der Waals surface area (Å²) in [7, 11) is 0. The second kappa shape index (κ2) is 5.32. The molecule has 0 spiro atoms. The van der Waals surface area contributed by atoms with Gasteiger partial charge in [0.1, 0.15) is 5.75 Å². The number of ketones is 1. The van der Waals surface area contributed by atoms with Gasteiger partial charge in [0.2, 0.25) is 5.78 Å². The van der Waals surface area contributed by atoms with E-state index in [1.54, 1.807) is 24.4 Å². The number of nitrogens with one attached hydrogen (secondary N) is 1. The van der Waals surface area contributed by atoms with Crippen molar-refractivity contribution in [2.45, 2.75) is 6.92 Å². The molecule has 21 heavy (non-hydrogen) atoms. The maximum atomic E-state index is 12.9. The van der Waals surface area contributed by atoms with Crippen LogP contribution in [-0.2, 0) is 0 Å². The number of ether oxygens (including phenoxy) is 1. The third kappa shape index (κ3) is 2.25. The molecule has 0 amide bonds. The Morgan fingerprint density at radius 1 is 1.19 bits per heavy atom. The Balaban J connectivity index is 2.14. The number of anilines is 1. The minimum Gasteiger partial charge on any atom is -0.493 e. The number of fused-ring (bicyclic) bond motifs is 1. The van der Waals surface area contributed by atoms with Crippen molar-refractivity contribution in [2.24, 2.45) is 0 Å². The van der Waals surface area contributed by atoms with Crippen LogP contribution in [0.15, 0.2) is 48.7 Å². The summed E-state index contributed by atoms with van der Waals surface area (Å²) >= 11 is 0. The third-order valence-electron chi connectivity index (χ3n) is 3.42. The summed E-state index contributed by atoms with van der Waals surface area (Å²) in [5.41, 5.74) is 8.36. The van der Waals surface area contributed by atoms with E-state index in [1.165, 1.54) is 0 Å². The number of H-pyrrole nitrogens is 1. The maximum Gasteiger partial charge on any atom is 0.200 e. The lowest BCUT2D eigenvalue weighted by Crippen LogP contribution is -2.08. The van der Waals surface area contributed by atoms with Crippen LogP contribution in [0, 0.1) is 0 Å². The molecule has 4 nitrogen and oxygen atoms in total. The van der Waals surface area contributed by atoms with Gasteiger partial charge >= 0.3 is 0 Å². The molecule has 0 radical (unpaired) electrons. The molecular formula is C17H16N2O2. The summed E-state index contributed by atoms with van der Waals surface area (Å²) in [6.45, 7) is 2.36. The molecule has 0 aliphatic heterocycles. The van der Waals surface area contributed by atoms with E-state index in [4.69, 9.17) is 10.5 Å². The van der Waals surface area contributed by atoms with E-state index in [0.717, 1.165) is 10.9 Å². The topological polar surface area (TPSA) is 68.1 Å². The number of benzene rings is 2. The van der Waals surface area contributed by atoms with Crippen LogP contribution in [0.3, 0.4) is 0 Å². The summed E-state index contributed by atoms with van der Waals surface area (Å²) in [6, 6.07) is 12.9. The highest BCUT2D eigenvalue weighted by atomic mass is 16.5. The Kier molecular flexibility index (Phi) is 3.36. The lowest BCUT2D eigenvalue weighted by atomic mass is 10.0. The predicted octanol–water partition coefficient (Wildman–Crippen LogP) is 3.38. The highest BCUT2D eigenvalue weighted by Crippen LogP contribution is 2.29. The number of carbonyl (C=O) groups is 1. The van der Waals surface area contributed by atoms with Gasteiger partial charge in [-0.25, -0.2) is 0 Å². The van der Waals surface area contributed by atoms with E-state index in [0.29, 0.717) is 29.2 Å². The quantitative estimate of drug-likeness (QED) is 0.568. The molecule has 3 rings (SSSR count). The van der Waals surface area contributed by atoms with Gasteiger partial charge in [0.25, 0.3) is 0 Å². The van der Waals surface area contributed by atoms with Gasteiger partial charge in [0.05, 0.1) is 12.2 Å². The van der Waals surface area contributed by atoms with Crippen LogP contribution >= 0.6 is 0 Å². The first-order valence-corrected chi connectivity index (χ1v) is 6.84. The van der Waals surface area contributed by atoms with Crippen molar-refractivity contribution in [3.63, 3.8) is 0 Å². The predicted molar refractivity (Wildman–Crippen MR) is 83.8 cm³/mol. The number of carbonyl (C=O) groups excluding carboxylic acids is 1. The summed E-state index contributed by atoms with van der Waals surface area (Å²) in [5, 5.41) is 0.883. The van der Waals surface area contributed by atoms with Gasteiger partial charge in [-0.2, -0.15) is 0 Å². The summed E-state index contributed by atoms with van der Waals surface area (Å²) in [6.07, 6.45) is 1.72. The number of aromatic nitrogens is 1. The summed E-state index contributed by atoms with van der Waals surface area (Å²) in [5.74, 6) is 0.391. The normalized spacial score (nSPS) is 10.7. The average Bonchev–Trinajstić information content (AvgIpc) is 2.91. The summed E-state index contributed by atoms with van der Waals surface area (Å²) in [4.78, 5) is 16.0. The van der Waals surface area contributed by atoms with Gasteiger partial charge in [-0.05, 0) is 25.1 Å². The zero-order valence-electron chi connectivity index (χ0n) is 11.7. The van der Waals surface area contributed by atoms with Gasteiger partial charge in [0, 0.05) is 28.4 Å². The minimum atomic E-state index is -0.131. The Morgan fingerprint density at radius 3 is 2.81 bits per heavy atom. The molecule has 1 heterocycles. The molecule has 0 bridgehead atoms. The minimum absolute atomic E-state index is 0.131. The van der Waals surface area contributed by atoms with Crippen LogP contribution in [0.25, 0.3) is 10.9 Å². The average molecular weight is 280 g/mol. The van der Waals surface area contributed by atoms with E-state index >= 15 is 0 Å². The van der Waals surface area contributed by atoms with Crippen molar-refractivity contribution < 1.29 is 9.53 Å².